The molecule has 1 N–H and O–H groups in total. The Morgan fingerprint density at radius 1 is 1.05 bits per heavy atom. The van der Waals surface area contributed by atoms with Crippen LogP contribution in [0.15, 0.2) is 53.4 Å². The number of sulfonamides is 1. The summed E-state index contributed by atoms with van der Waals surface area (Å²) in [5, 5.41) is 0. The van der Waals surface area contributed by atoms with E-state index in [1.54, 1.807) is 24.3 Å². The van der Waals surface area contributed by atoms with Crippen molar-refractivity contribution < 1.29 is 12.8 Å². The highest BCUT2D eigenvalue weighted by Crippen LogP contribution is 2.13. The fourth-order valence-electron chi connectivity index (χ4n) is 2.03. The van der Waals surface area contributed by atoms with E-state index in [1.165, 1.54) is 12.1 Å². The quantitative estimate of drug-likeness (QED) is 0.890. The topological polar surface area (TPSA) is 46.2 Å². The van der Waals surface area contributed by atoms with Gasteiger partial charge in [-0.05, 0) is 41.8 Å². The highest BCUT2D eigenvalue weighted by atomic mass is 32.2. The van der Waals surface area contributed by atoms with Crippen LogP contribution in [-0.4, -0.2) is 8.42 Å². The van der Waals surface area contributed by atoms with Gasteiger partial charge in [0.25, 0.3) is 0 Å². The first kappa shape index (κ1) is 15.7. The number of hydrogen-bond acceptors (Lipinski definition) is 2. The standard InChI is InChI=1S/C16H18FNO2S/c1-2-4-13-7-9-16(10-8-13)21(19,20)18-12-14-5-3-6-15(17)11-14/h3,5-11,18H,2,4,12H2,1H3. The summed E-state index contributed by atoms with van der Waals surface area (Å²) in [7, 11) is -3.58. The Balaban J connectivity index is 2.07. The Morgan fingerprint density at radius 3 is 2.38 bits per heavy atom. The zero-order valence-corrected chi connectivity index (χ0v) is 12.7. The van der Waals surface area contributed by atoms with Crippen LogP contribution in [0.25, 0.3) is 0 Å². The minimum atomic E-state index is -3.58. The first-order valence-corrected chi connectivity index (χ1v) is 8.32. The summed E-state index contributed by atoms with van der Waals surface area (Å²) < 4.78 is 39.8. The Bertz CT molecular complexity index is 696. The molecule has 0 aliphatic heterocycles. The van der Waals surface area contributed by atoms with Gasteiger partial charge < -0.3 is 0 Å². The minimum absolute atomic E-state index is 0.0663. The van der Waals surface area contributed by atoms with Gasteiger partial charge in [-0.3, -0.25) is 0 Å². The summed E-state index contributed by atoms with van der Waals surface area (Å²) in [6.07, 6.45) is 1.95. The molecule has 0 aromatic heterocycles. The van der Waals surface area contributed by atoms with Crippen molar-refractivity contribution in [3.05, 3.63) is 65.5 Å². The van der Waals surface area contributed by atoms with E-state index >= 15 is 0 Å². The summed E-state index contributed by atoms with van der Waals surface area (Å²) in [4.78, 5) is 0.221. The number of halogens is 1. The highest BCUT2D eigenvalue weighted by Gasteiger charge is 2.13. The van der Waals surface area contributed by atoms with E-state index in [0.29, 0.717) is 5.56 Å². The van der Waals surface area contributed by atoms with Crippen LogP contribution >= 0.6 is 0 Å². The summed E-state index contributed by atoms with van der Waals surface area (Å²) in [5.74, 6) is -0.379. The van der Waals surface area contributed by atoms with E-state index in [-0.39, 0.29) is 17.3 Å². The van der Waals surface area contributed by atoms with Crippen LogP contribution in [0.1, 0.15) is 24.5 Å². The summed E-state index contributed by atoms with van der Waals surface area (Å²) in [6, 6.07) is 12.7. The molecule has 2 aromatic rings. The van der Waals surface area contributed by atoms with Crippen molar-refractivity contribution in [2.75, 3.05) is 0 Å². The molecule has 0 atom stereocenters. The second-order valence-corrected chi connectivity index (χ2v) is 6.62. The third-order valence-corrected chi connectivity index (χ3v) is 4.54. The van der Waals surface area contributed by atoms with Gasteiger partial charge in [-0.2, -0.15) is 0 Å². The van der Waals surface area contributed by atoms with Crippen molar-refractivity contribution >= 4 is 10.0 Å². The van der Waals surface area contributed by atoms with Crippen LogP contribution < -0.4 is 4.72 Å². The predicted octanol–water partition coefficient (Wildman–Crippen LogP) is 3.26. The molecule has 0 heterocycles. The first-order valence-electron chi connectivity index (χ1n) is 6.84. The fourth-order valence-corrected chi connectivity index (χ4v) is 3.05. The van der Waals surface area contributed by atoms with Crippen molar-refractivity contribution in [2.45, 2.75) is 31.2 Å². The average Bonchev–Trinajstić information content (AvgIpc) is 2.46. The normalized spacial score (nSPS) is 11.5. The highest BCUT2D eigenvalue weighted by molar-refractivity contribution is 7.89. The molecule has 112 valence electrons. The molecule has 5 heteroatoms. The van der Waals surface area contributed by atoms with Crippen molar-refractivity contribution in [3.63, 3.8) is 0 Å². The van der Waals surface area contributed by atoms with Gasteiger partial charge in [0.1, 0.15) is 5.82 Å². The molecule has 0 aliphatic carbocycles. The van der Waals surface area contributed by atoms with Crippen molar-refractivity contribution in [3.8, 4) is 0 Å². The van der Waals surface area contributed by atoms with Crippen LogP contribution in [-0.2, 0) is 23.0 Å². The lowest BCUT2D eigenvalue weighted by molar-refractivity contribution is 0.580. The molecule has 0 unspecified atom stereocenters. The lowest BCUT2D eigenvalue weighted by atomic mass is 10.1. The lowest BCUT2D eigenvalue weighted by Gasteiger charge is -2.08. The number of nitrogens with one attached hydrogen (secondary N) is 1. The molecule has 0 saturated heterocycles. The minimum Gasteiger partial charge on any atom is -0.207 e. The molecule has 0 aliphatic rings. The Kier molecular flexibility index (Phi) is 5.09. The van der Waals surface area contributed by atoms with E-state index in [4.69, 9.17) is 0 Å². The summed E-state index contributed by atoms with van der Waals surface area (Å²) in [6.45, 7) is 2.14. The molecule has 0 radical (unpaired) electrons. The third-order valence-electron chi connectivity index (χ3n) is 3.13. The monoisotopic (exact) mass is 307 g/mol. The molecule has 21 heavy (non-hydrogen) atoms. The molecule has 0 spiro atoms. The van der Waals surface area contributed by atoms with E-state index in [1.807, 2.05) is 12.1 Å². The second kappa shape index (κ2) is 6.83. The van der Waals surface area contributed by atoms with Gasteiger partial charge in [0.05, 0.1) is 4.90 Å². The zero-order chi connectivity index (χ0) is 15.3. The second-order valence-electron chi connectivity index (χ2n) is 4.85. The Labute approximate surface area is 124 Å². The molecular formula is C16H18FNO2S. The van der Waals surface area contributed by atoms with Crippen LogP contribution in [0.4, 0.5) is 4.39 Å². The molecule has 2 aromatic carbocycles. The smallest absolute Gasteiger partial charge is 0.207 e. The molecule has 0 amide bonds. The van der Waals surface area contributed by atoms with Gasteiger partial charge >= 0.3 is 0 Å². The number of benzene rings is 2. The molecule has 0 saturated carbocycles. The van der Waals surface area contributed by atoms with E-state index < -0.39 is 10.0 Å². The van der Waals surface area contributed by atoms with E-state index in [2.05, 4.69) is 11.6 Å². The Morgan fingerprint density at radius 2 is 1.76 bits per heavy atom. The maximum absolute atomic E-state index is 13.0. The summed E-state index contributed by atoms with van der Waals surface area (Å²) >= 11 is 0. The zero-order valence-electron chi connectivity index (χ0n) is 11.8. The van der Waals surface area contributed by atoms with Gasteiger partial charge in [0.2, 0.25) is 10.0 Å². The van der Waals surface area contributed by atoms with E-state index in [9.17, 15) is 12.8 Å². The van der Waals surface area contributed by atoms with Gasteiger partial charge in [-0.1, -0.05) is 37.6 Å². The fraction of sp³-hybridized carbons (Fsp3) is 0.250. The number of rotatable bonds is 6. The third kappa shape index (κ3) is 4.37. The van der Waals surface area contributed by atoms with Gasteiger partial charge in [-0.15, -0.1) is 0 Å². The van der Waals surface area contributed by atoms with Crippen molar-refractivity contribution in [1.82, 2.24) is 4.72 Å². The number of hydrogen-bond donors (Lipinski definition) is 1. The summed E-state index contributed by atoms with van der Waals surface area (Å²) in [5.41, 5.74) is 1.70. The van der Waals surface area contributed by atoms with Gasteiger partial charge in [0, 0.05) is 6.54 Å². The van der Waals surface area contributed by atoms with Crippen LogP contribution in [0, 0.1) is 5.82 Å². The molecule has 2 rings (SSSR count). The number of aryl methyl sites for hydroxylation is 1. The maximum Gasteiger partial charge on any atom is 0.240 e. The van der Waals surface area contributed by atoms with Crippen molar-refractivity contribution in [1.29, 1.82) is 0 Å². The van der Waals surface area contributed by atoms with Crippen LogP contribution in [0.2, 0.25) is 0 Å². The largest absolute Gasteiger partial charge is 0.240 e. The van der Waals surface area contributed by atoms with E-state index in [0.717, 1.165) is 18.4 Å². The Hall–Kier alpha value is -1.72. The molecular weight excluding hydrogens is 289 g/mol. The SMILES string of the molecule is CCCc1ccc(S(=O)(=O)NCc2cccc(F)c2)cc1. The van der Waals surface area contributed by atoms with Gasteiger partial charge in [-0.25, -0.2) is 17.5 Å². The first-order chi connectivity index (χ1) is 10.0. The molecule has 3 nitrogen and oxygen atoms in total. The predicted molar refractivity (Wildman–Crippen MR) is 80.9 cm³/mol. The van der Waals surface area contributed by atoms with Gasteiger partial charge in [0.15, 0.2) is 0 Å². The molecule has 0 bridgehead atoms. The van der Waals surface area contributed by atoms with Crippen LogP contribution in [0.3, 0.4) is 0 Å². The van der Waals surface area contributed by atoms with Crippen LogP contribution in [0.5, 0.6) is 0 Å². The van der Waals surface area contributed by atoms with Crippen molar-refractivity contribution in [2.24, 2.45) is 0 Å². The maximum atomic E-state index is 13.0. The average molecular weight is 307 g/mol. The lowest BCUT2D eigenvalue weighted by Crippen LogP contribution is -2.23. The molecule has 0 fully saturated rings.